The highest BCUT2D eigenvalue weighted by Gasteiger charge is 2.15. The van der Waals surface area contributed by atoms with Crippen molar-refractivity contribution in [3.63, 3.8) is 0 Å². The molecule has 0 fully saturated rings. The molecule has 0 aliphatic rings. The monoisotopic (exact) mass is 266 g/mol. The Bertz CT molecular complexity index is 428. The van der Waals surface area contributed by atoms with Gasteiger partial charge in [0, 0.05) is 6.04 Å². The molecule has 1 aromatic rings. The molecule has 0 saturated carbocycles. The second-order valence-corrected chi connectivity index (χ2v) is 4.65. The fraction of sp³-hybridized carbons (Fsp3) is 0.500. The van der Waals surface area contributed by atoms with E-state index >= 15 is 0 Å². The van der Waals surface area contributed by atoms with E-state index in [9.17, 15) is 0 Å². The largest absolute Gasteiger partial charge is 0.474 e. The number of hydrogen-bond donors (Lipinski definition) is 1. The van der Waals surface area contributed by atoms with Gasteiger partial charge in [0.05, 0.1) is 5.02 Å². The van der Waals surface area contributed by atoms with Crippen LogP contribution < -0.4 is 10.5 Å². The first-order valence-electron chi connectivity index (χ1n) is 6.21. The topological polar surface area (TPSA) is 59.0 Å². The van der Waals surface area contributed by atoms with Crippen molar-refractivity contribution in [2.75, 3.05) is 0 Å². The molecule has 0 spiro atoms. The first kappa shape index (κ1) is 14.8. The third-order valence-corrected chi connectivity index (χ3v) is 3.13. The van der Waals surface area contributed by atoms with E-state index in [-0.39, 0.29) is 6.04 Å². The summed E-state index contributed by atoms with van der Waals surface area (Å²) in [6.45, 7) is 3.95. The molecule has 2 N–H and O–H groups in total. The van der Waals surface area contributed by atoms with Crippen LogP contribution in [0.4, 0.5) is 0 Å². The van der Waals surface area contributed by atoms with Crippen molar-refractivity contribution < 1.29 is 4.74 Å². The summed E-state index contributed by atoms with van der Waals surface area (Å²) in [4.78, 5) is 0. The van der Waals surface area contributed by atoms with Gasteiger partial charge < -0.3 is 10.5 Å². The quantitative estimate of drug-likeness (QED) is 0.859. The van der Waals surface area contributed by atoms with E-state index in [1.165, 1.54) is 0 Å². The van der Waals surface area contributed by atoms with Crippen LogP contribution in [0.2, 0.25) is 5.02 Å². The number of rotatable bonds is 6. The Hall–Kier alpha value is -1.24. The number of nitrogens with zero attached hydrogens (tertiary/aromatic N) is 1. The molecule has 0 bridgehead atoms. The normalized spacial score (nSPS) is 13.7. The molecule has 1 rings (SSSR count). The van der Waals surface area contributed by atoms with Gasteiger partial charge in [0.2, 0.25) is 0 Å². The number of para-hydroxylation sites is 1. The van der Waals surface area contributed by atoms with Crippen LogP contribution in [0.25, 0.3) is 0 Å². The lowest BCUT2D eigenvalue weighted by atomic mass is 10.0. The highest BCUT2D eigenvalue weighted by molar-refractivity contribution is 6.32. The highest BCUT2D eigenvalue weighted by atomic mass is 35.5. The molecule has 18 heavy (non-hydrogen) atoms. The van der Waals surface area contributed by atoms with Crippen LogP contribution in [-0.4, -0.2) is 12.1 Å². The zero-order chi connectivity index (χ0) is 13.5. The van der Waals surface area contributed by atoms with Crippen LogP contribution in [-0.2, 0) is 6.42 Å². The van der Waals surface area contributed by atoms with E-state index in [1.54, 1.807) is 6.07 Å². The molecule has 98 valence electrons. The van der Waals surface area contributed by atoms with Gasteiger partial charge in [-0.1, -0.05) is 37.6 Å². The Morgan fingerprint density at radius 1 is 1.39 bits per heavy atom. The van der Waals surface area contributed by atoms with E-state index in [2.05, 4.69) is 6.07 Å². The fourth-order valence-electron chi connectivity index (χ4n) is 1.62. The molecule has 3 nitrogen and oxygen atoms in total. The minimum Gasteiger partial charge on any atom is -0.474 e. The van der Waals surface area contributed by atoms with Gasteiger partial charge in [0.25, 0.3) is 0 Å². The van der Waals surface area contributed by atoms with Gasteiger partial charge in [-0.25, -0.2) is 0 Å². The van der Waals surface area contributed by atoms with Crippen LogP contribution in [0, 0.1) is 11.3 Å². The van der Waals surface area contributed by atoms with Gasteiger partial charge in [-0.3, -0.25) is 0 Å². The number of nitriles is 1. The van der Waals surface area contributed by atoms with Gasteiger partial charge in [-0.05, 0) is 30.9 Å². The van der Waals surface area contributed by atoms with Crippen molar-refractivity contribution in [2.45, 2.75) is 45.3 Å². The molecule has 0 radical (unpaired) electrons. The molecule has 0 aliphatic carbocycles. The summed E-state index contributed by atoms with van der Waals surface area (Å²) < 4.78 is 5.67. The number of hydrogen-bond acceptors (Lipinski definition) is 3. The SMILES string of the molecule is CCC(N)Cc1cccc(Cl)c1OC(C#N)CC. The molecule has 2 atom stereocenters. The number of benzene rings is 1. The molecule has 0 aromatic heterocycles. The molecule has 1 aromatic carbocycles. The molecule has 2 unspecified atom stereocenters. The Labute approximate surface area is 114 Å². The Balaban J connectivity index is 2.97. The van der Waals surface area contributed by atoms with E-state index in [4.69, 9.17) is 27.3 Å². The van der Waals surface area contributed by atoms with Gasteiger partial charge >= 0.3 is 0 Å². The molecular formula is C14H19ClN2O. The van der Waals surface area contributed by atoms with Crippen molar-refractivity contribution in [1.82, 2.24) is 0 Å². The van der Waals surface area contributed by atoms with Crippen LogP contribution in [0.5, 0.6) is 5.75 Å². The zero-order valence-electron chi connectivity index (χ0n) is 10.8. The highest BCUT2D eigenvalue weighted by Crippen LogP contribution is 2.30. The lowest BCUT2D eigenvalue weighted by molar-refractivity contribution is 0.249. The molecule has 0 amide bonds. The smallest absolute Gasteiger partial charge is 0.184 e. The van der Waals surface area contributed by atoms with Gasteiger partial charge in [0.15, 0.2) is 6.10 Å². The summed E-state index contributed by atoms with van der Waals surface area (Å²) in [5, 5.41) is 9.49. The first-order valence-corrected chi connectivity index (χ1v) is 6.59. The maximum atomic E-state index is 8.95. The molecule has 0 aliphatic heterocycles. The average Bonchev–Trinajstić information content (AvgIpc) is 2.38. The molecule has 0 saturated heterocycles. The van der Waals surface area contributed by atoms with Gasteiger partial charge in [-0.15, -0.1) is 0 Å². The van der Waals surface area contributed by atoms with Crippen LogP contribution in [0.1, 0.15) is 32.3 Å². The minimum atomic E-state index is -0.471. The van der Waals surface area contributed by atoms with Crippen molar-refractivity contribution in [1.29, 1.82) is 5.26 Å². The van der Waals surface area contributed by atoms with Crippen molar-refractivity contribution in [3.8, 4) is 11.8 Å². The summed E-state index contributed by atoms with van der Waals surface area (Å²) in [7, 11) is 0. The Morgan fingerprint density at radius 3 is 2.67 bits per heavy atom. The number of ether oxygens (including phenoxy) is 1. The van der Waals surface area contributed by atoms with Crippen LogP contribution >= 0.6 is 11.6 Å². The Morgan fingerprint density at radius 2 is 2.11 bits per heavy atom. The summed E-state index contributed by atoms with van der Waals surface area (Å²) in [6.07, 6.45) is 1.75. The van der Waals surface area contributed by atoms with Crippen LogP contribution in [0.15, 0.2) is 18.2 Å². The standard InChI is InChI=1S/C14H19ClN2O/c1-3-11(17)8-10-6-5-7-13(15)14(10)18-12(4-2)9-16/h5-7,11-12H,3-4,8,17H2,1-2H3. The van der Waals surface area contributed by atoms with Gasteiger partial charge in [0.1, 0.15) is 11.8 Å². The maximum Gasteiger partial charge on any atom is 0.184 e. The summed E-state index contributed by atoms with van der Waals surface area (Å²) in [6, 6.07) is 7.77. The fourth-order valence-corrected chi connectivity index (χ4v) is 1.85. The third-order valence-electron chi connectivity index (χ3n) is 2.83. The average molecular weight is 267 g/mol. The summed E-state index contributed by atoms with van der Waals surface area (Å²) >= 11 is 6.14. The van der Waals surface area contributed by atoms with Gasteiger partial charge in [-0.2, -0.15) is 5.26 Å². The van der Waals surface area contributed by atoms with E-state index < -0.39 is 6.10 Å². The summed E-state index contributed by atoms with van der Waals surface area (Å²) in [5.41, 5.74) is 6.92. The van der Waals surface area contributed by atoms with E-state index in [1.807, 2.05) is 26.0 Å². The molecular weight excluding hydrogens is 248 g/mol. The van der Waals surface area contributed by atoms with Crippen LogP contribution in [0.3, 0.4) is 0 Å². The lowest BCUT2D eigenvalue weighted by Crippen LogP contribution is -2.22. The van der Waals surface area contributed by atoms with Crippen molar-refractivity contribution in [2.24, 2.45) is 5.73 Å². The third kappa shape index (κ3) is 3.90. The molecule has 0 heterocycles. The second kappa shape index (κ2) is 7.25. The van der Waals surface area contributed by atoms with Crippen molar-refractivity contribution >= 4 is 11.6 Å². The van der Waals surface area contributed by atoms with Crippen molar-refractivity contribution in [3.05, 3.63) is 28.8 Å². The first-order chi connectivity index (χ1) is 8.62. The number of nitrogens with two attached hydrogens (primary N) is 1. The summed E-state index contributed by atoms with van der Waals surface area (Å²) in [5.74, 6) is 0.594. The predicted octanol–water partition coefficient (Wildman–Crippen LogP) is 3.30. The van der Waals surface area contributed by atoms with E-state index in [0.29, 0.717) is 23.6 Å². The zero-order valence-corrected chi connectivity index (χ0v) is 11.6. The Kier molecular flexibility index (Phi) is 5.97. The lowest BCUT2D eigenvalue weighted by Gasteiger charge is -2.17. The molecule has 4 heteroatoms. The minimum absolute atomic E-state index is 0.0768. The number of halogens is 1. The van der Waals surface area contributed by atoms with E-state index in [0.717, 1.165) is 12.0 Å². The predicted molar refractivity (Wildman–Crippen MR) is 73.7 cm³/mol. The second-order valence-electron chi connectivity index (χ2n) is 4.24. The maximum absolute atomic E-state index is 8.95.